The second kappa shape index (κ2) is 9.42. The minimum absolute atomic E-state index is 0.154. The molecule has 0 bridgehead atoms. The third-order valence-electron chi connectivity index (χ3n) is 3.35. The van der Waals surface area contributed by atoms with Crippen molar-refractivity contribution in [3.05, 3.63) is 0 Å². The summed E-state index contributed by atoms with van der Waals surface area (Å²) in [4.78, 5) is 14.0. The molecule has 0 fully saturated rings. The number of methoxy groups -OCH3 is 1. The van der Waals surface area contributed by atoms with Crippen molar-refractivity contribution in [1.82, 2.24) is 10.2 Å². The normalized spacial score (nSPS) is 14.7. The Hall–Kier alpha value is -0.610. The van der Waals surface area contributed by atoms with Crippen LogP contribution < -0.4 is 5.32 Å². The van der Waals surface area contributed by atoms with Gasteiger partial charge in [-0.25, -0.2) is 0 Å². The van der Waals surface area contributed by atoms with Crippen molar-refractivity contribution in [3.8, 4) is 0 Å². The van der Waals surface area contributed by atoms with E-state index in [9.17, 15) is 4.79 Å². The first-order valence-corrected chi connectivity index (χ1v) is 6.64. The predicted molar refractivity (Wildman–Crippen MR) is 71.0 cm³/mol. The van der Waals surface area contributed by atoms with Crippen molar-refractivity contribution in [1.29, 1.82) is 0 Å². The number of carbonyl (C=O) groups excluding carboxylic acids is 1. The molecule has 17 heavy (non-hydrogen) atoms. The van der Waals surface area contributed by atoms with Gasteiger partial charge in [-0.15, -0.1) is 0 Å². The molecule has 102 valence electrons. The van der Waals surface area contributed by atoms with Crippen molar-refractivity contribution in [2.24, 2.45) is 5.92 Å². The maximum atomic E-state index is 11.6. The van der Waals surface area contributed by atoms with E-state index in [-0.39, 0.29) is 12.0 Å². The van der Waals surface area contributed by atoms with E-state index in [1.807, 2.05) is 0 Å². The average Bonchev–Trinajstić information content (AvgIpc) is 2.37. The molecule has 0 amide bonds. The molecule has 0 aliphatic heterocycles. The smallest absolute Gasteiger partial charge is 0.323 e. The third-order valence-corrected chi connectivity index (χ3v) is 3.35. The second-order valence-electron chi connectivity index (χ2n) is 4.37. The first kappa shape index (κ1) is 16.4. The van der Waals surface area contributed by atoms with Crippen LogP contribution >= 0.6 is 0 Å². The fourth-order valence-corrected chi connectivity index (χ4v) is 1.80. The maximum Gasteiger partial charge on any atom is 0.323 e. The molecule has 0 aliphatic carbocycles. The summed E-state index contributed by atoms with van der Waals surface area (Å²) in [6.07, 6.45) is 0.970. The zero-order chi connectivity index (χ0) is 13.3. The minimum Gasteiger partial charge on any atom is -0.468 e. The van der Waals surface area contributed by atoms with Gasteiger partial charge in [0.25, 0.3) is 0 Å². The van der Waals surface area contributed by atoms with Crippen LogP contribution in [0, 0.1) is 5.92 Å². The molecule has 4 heteroatoms. The highest BCUT2D eigenvalue weighted by molar-refractivity contribution is 5.75. The van der Waals surface area contributed by atoms with Crippen LogP contribution in [-0.2, 0) is 9.53 Å². The predicted octanol–water partition coefficient (Wildman–Crippen LogP) is 1.51. The zero-order valence-electron chi connectivity index (χ0n) is 12.0. The summed E-state index contributed by atoms with van der Waals surface area (Å²) >= 11 is 0. The Balaban J connectivity index is 4.12. The molecule has 0 saturated heterocycles. The summed E-state index contributed by atoms with van der Waals surface area (Å²) in [5, 5.41) is 3.30. The van der Waals surface area contributed by atoms with Gasteiger partial charge in [0.05, 0.1) is 7.11 Å². The molecule has 0 aromatic heterocycles. The SMILES string of the molecule is CCC(C)C(NCCN(CC)CC)C(=O)OC. The largest absolute Gasteiger partial charge is 0.468 e. The number of carbonyl (C=O) groups is 1. The van der Waals surface area contributed by atoms with Crippen LogP contribution in [-0.4, -0.2) is 50.2 Å². The topological polar surface area (TPSA) is 41.6 Å². The molecule has 2 unspecified atom stereocenters. The highest BCUT2D eigenvalue weighted by Crippen LogP contribution is 2.08. The fourth-order valence-electron chi connectivity index (χ4n) is 1.80. The van der Waals surface area contributed by atoms with Gasteiger partial charge in [0, 0.05) is 13.1 Å². The Kier molecular flexibility index (Phi) is 9.09. The fraction of sp³-hybridized carbons (Fsp3) is 0.923. The van der Waals surface area contributed by atoms with Gasteiger partial charge in [-0.05, 0) is 19.0 Å². The second-order valence-corrected chi connectivity index (χ2v) is 4.37. The average molecular weight is 244 g/mol. The van der Waals surface area contributed by atoms with E-state index in [2.05, 4.69) is 37.9 Å². The number of esters is 1. The first-order valence-electron chi connectivity index (χ1n) is 6.64. The van der Waals surface area contributed by atoms with Gasteiger partial charge in [0.1, 0.15) is 6.04 Å². The molecule has 0 aliphatic rings. The Morgan fingerprint density at radius 2 is 1.88 bits per heavy atom. The molecule has 0 radical (unpaired) electrons. The Morgan fingerprint density at radius 1 is 1.29 bits per heavy atom. The molecule has 0 saturated carbocycles. The zero-order valence-corrected chi connectivity index (χ0v) is 12.0. The number of likely N-dealkylation sites (N-methyl/N-ethyl adjacent to an activating group) is 1. The van der Waals surface area contributed by atoms with Crippen LogP contribution in [0.1, 0.15) is 34.1 Å². The van der Waals surface area contributed by atoms with Gasteiger partial charge in [0.2, 0.25) is 0 Å². The van der Waals surface area contributed by atoms with Crippen molar-refractivity contribution < 1.29 is 9.53 Å². The Bertz CT molecular complexity index is 206. The number of nitrogens with one attached hydrogen (secondary N) is 1. The van der Waals surface area contributed by atoms with Gasteiger partial charge in [0.15, 0.2) is 0 Å². The quantitative estimate of drug-likeness (QED) is 0.624. The lowest BCUT2D eigenvalue weighted by Gasteiger charge is -2.24. The van der Waals surface area contributed by atoms with Gasteiger partial charge < -0.3 is 15.0 Å². The number of hydrogen-bond acceptors (Lipinski definition) is 4. The summed E-state index contributed by atoms with van der Waals surface area (Å²) in [5.41, 5.74) is 0. The molecular weight excluding hydrogens is 216 g/mol. The molecule has 0 aromatic rings. The highest BCUT2D eigenvalue weighted by atomic mass is 16.5. The molecule has 0 heterocycles. The van der Waals surface area contributed by atoms with Crippen molar-refractivity contribution in [2.75, 3.05) is 33.3 Å². The summed E-state index contributed by atoms with van der Waals surface area (Å²) < 4.78 is 4.83. The summed E-state index contributed by atoms with van der Waals surface area (Å²) in [6.45, 7) is 12.3. The van der Waals surface area contributed by atoms with E-state index >= 15 is 0 Å². The standard InChI is InChI=1S/C13H28N2O2/c1-6-11(4)12(13(16)17-5)14-9-10-15(7-2)8-3/h11-12,14H,6-10H2,1-5H3. The summed E-state index contributed by atoms with van der Waals surface area (Å²) in [5.74, 6) is 0.151. The Morgan fingerprint density at radius 3 is 2.29 bits per heavy atom. The molecule has 1 N–H and O–H groups in total. The van der Waals surface area contributed by atoms with E-state index < -0.39 is 0 Å². The summed E-state index contributed by atoms with van der Waals surface area (Å²) in [6, 6.07) is -0.180. The van der Waals surface area contributed by atoms with Gasteiger partial charge in [-0.3, -0.25) is 4.79 Å². The van der Waals surface area contributed by atoms with E-state index in [4.69, 9.17) is 4.74 Å². The lowest BCUT2D eigenvalue weighted by atomic mass is 9.99. The van der Waals surface area contributed by atoms with E-state index in [0.717, 1.165) is 32.6 Å². The maximum absolute atomic E-state index is 11.6. The van der Waals surface area contributed by atoms with Crippen molar-refractivity contribution >= 4 is 5.97 Å². The number of rotatable bonds is 9. The van der Waals surface area contributed by atoms with Crippen LogP contribution in [0.4, 0.5) is 0 Å². The minimum atomic E-state index is -0.180. The van der Waals surface area contributed by atoms with E-state index in [0.29, 0.717) is 5.92 Å². The highest BCUT2D eigenvalue weighted by Gasteiger charge is 2.23. The van der Waals surface area contributed by atoms with Crippen LogP contribution in [0.15, 0.2) is 0 Å². The molecule has 0 aromatic carbocycles. The summed E-state index contributed by atoms with van der Waals surface area (Å²) in [7, 11) is 1.45. The van der Waals surface area contributed by atoms with Gasteiger partial charge in [-0.2, -0.15) is 0 Å². The first-order chi connectivity index (χ1) is 8.10. The lowest BCUT2D eigenvalue weighted by molar-refractivity contribution is -0.144. The molecule has 0 rings (SSSR count). The van der Waals surface area contributed by atoms with Crippen LogP contribution in [0.2, 0.25) is 0 Å². The molecule has 0 spiro atoms. The van der Waals surface area contributed by atoms with Crippen LogP contribution in [0.3, 0.4) is 0 Å². The monoisotopic (exact) mass is 244 g/mol. The van der Waals surface area contributed by atoms with Crippen LogP contribution in [0.5, 0.6) is 0 Å². The Labute approximate surface area is 106 Å². The number of nitrogens with zero attached hydrogens (tertiary/aromatic N) is 1. The van der Waals surface area contributed by atoms with Gasteiger partial charge >= 0.3 is 5.97 Å². The van der Waals surface area contributed by atoms with Crippen molar-refractivity contribution in [2.45, 2.75) is 40.2 Å². The third kappa shape index (κ3) is 6.03. The molecule has 4 nitrogen and oxygen atoms in total. The van der Waals surface area contributed by atoms with Crippen LogP contribution in [0.25, 0.3) is 0 Å². The number of ether oxygens (including phenoxy) is 1. The lowest BCUT2D eigenvalue weighted by Crippen LogP contribution is -2.45. The van der Waals surface area contributed by atoms with E-state index in [1.165, 1.54) is 7.11 Å². The van der Waals surface area contributed by atoms with Gasteiger partial charge in [-0.1, -0.05) is 34.1 Å². The molecule has 2 atom stereocenters. The number of hydrogen-bond donors (Lipinski definition) is 1. The van der Waals surface area contributed by atoms with Crippen molar-refractivity contribution in [3.63, 3.8) is 0 Å². The van der Waals surface area contributed by atoms with E-state index in [1.54, 1.807) is 0 Å². The molecular formula is C13H28N2O2.